The number of halogens is 1. The Balaban J connectivity index is 1.84. The van der Waals surface area contributed by atoms with Gasteiger partial charge < -0.3 is 9.52 Å². The van der Waals surface area contributed by atoms with E-state index in [1.54, 1.807) is 24.3 Å². The van der Waals surface area contributed by atoms with Crippen LogP contribution in [0.1, 0.15) is 16.1 Å². The van der Waals surface area contributed by atoms with Crippen molar-refractivity contribution in [3.63, 3.8) is 0 Å². The van der Waals surface area contributed by atoms with Gasteiger partial charge in [0, 0.05) is 5.56 Å². The number of carboxylic acids is 1. The van der Waals surface area contributed by atoms with E-state index in [2.05, 4.69) is 15.3 Å². The Kier molecular flexibility index (Phi) is 3.71. The number of rotatable bonds is 4. The molecule has 0 aliphatic heterocycles. The number of hydrogen-bond acceptors (Lipinski definition) is 5. The molecule has 0 spiro atoms. The van der Waals surface area contributed by atoms with Crippen LogP contribution in [0.25, 0.3) is 11.3 Å². The first-order valence-corrected chi connectivity index (χ1v) is 6.53. The second-order valence-electron chi connectivity index (χ2n) is 4.29. The summed E-state index contributed by atoms with van der Waals surface area (Å²) in [6, 6.07) is 8.11. The first-order chi connectivity index (χ1) is 10.6. The molecule has 0 unspecified atom stereocenters. The van der Waals surface area contributed by atoms with Crippen LogP contribution in [-0.4, -0.2) is 32.2 Å². The molecule has 3 aromatic rings. The molecule has 0 radical (unpaired) electrons. The number of hydrogen-bond donors (Lipinski definition) is 1. The summed E-state index contributed by atoms with van der Waals surface area (Å²) in [5, 5.41) is 20.4. The van der Waals surface area contributed by atoms with Crippen LogP contribution in [0.2, 0.25) is 5.02 Å². The highest BCUT2D eigenvalue weighted by Gasteiger charge is 2.11. The van der Waals surface area contributed by atoms with E-state index < -0.39 is 5.97 Å². The molecule has 1 N–H and O–H groups in total. The van der Waals surface area contributed by atoms with Gasteiger partial charge in [-0.25, -0.2) is 9.47 Å². The van der Waals surface area contributed by atoms with Crippen molar-refractivity contribution in [3.8, 4) is 11.3 Å². The summed E-state index contributed by atoms with van der Waals surface area (Å²) in [7, 11) is 0. The molecular weight excluding hydrogens is 308 g/mol. The van der Waals surface area contributed by atoms with Crippen LogP contribution in [0.5, 0.6) is 0 Å². The smallest absolute Gasteiger partial charge is 0.337 e. The summed E-state index contributed by atoms with van der Waals surface area (Å²) < 4.78 is 7.05. The van der Waals surface area contributed by atoms with Gasteiger partial charge in [-0.2, -0.15) is 5.10 Å². The third-order valence-electron chi connectivity index (χ3n) is 2.84. The van der Waals surface area contributed by atoms with Gasteiger partial charge in [-0.05, 0) is 24.3 Å². The maximum absolute atomic E-state index is 10.9. The lowest BCUT2D eigenvalue weighted by Crippen LogP contribution is -1.96. The monoisotopic (exact) mass is 316 g/mol. The van der Waals surface area contributed by atoms with Gasteiger partial charge in [0.1, 0.15) is 24.2 Å². The van der Waals surface area contributed by atoms with Crippen LogP contribution in [0.4, 0.5) is 0 Å². The van der Waals surface area contributed by atoms with E-state index in [9.17, 15) is 4.79 Å². The van der Waals surface area contributed by atoms with Gasteiger partial charge >= 0.3 is 5.97 Å². The fraction of sp³-hybridized carbons (Fsp3) is 0. The predicted molar refractivity (Wildman–Crippen MR) is 79.1 cm³/mol. The van der Waals surface area contributed by atoms with Crippen LogP contribution < -0.4 is 0 Å². The minimum atomic E-state index is -1.07. The lowest BCUT2D eigenvalue weighted by Gasteiger charge is -2.01. The van der Waals surface area contributed by atoms with Crippen molar-refractivity contribution >= 4 is 23.8 Å². The van der Waals surface area contributed by atoms with Crippen molar-refractivity contribution in [2.45, 2.75) is 0 Å². The zero-order chi connectivity index (χ0) is 15.5. The Morgan fingerprint density at radius 2 is 2.05 bits per heavy atom. The van der Waals surface area contributed by atoms with E-state index >= 15 is 0 Å². The summed E-state index contributed by atoms with van der Waals surface area (Å²) in [4.78, 5) is 10.9. The van der Waals surface area contributed by atoms with E-state index in [-0.39, 0.29) is 10.6 Å². The van der Waals surface area contributed by atoms with Crippen molar-refractivity contribution in [2.24, 2.45) is 5.10 Å². The van der Waals surface area contributed by atoms with Gasteiger partial charge in [0.15, 0.2) is 0 Å². The van der Waals surface area contributed by atoms with Crippen molar-refractivity contribution < 1.29 is 14.3 Å². The molecule has 2 heterocycles. The highest BCUT2D eigenvalue weighted by molar-refractivity contribution is 6.33. The van der Waals surface area contributed by atoms with E-state index in [0.29, 0.717) is 17.1 Å². The first-order valence-electron chi connectivity index (χ1n) is 6.15. The van der Waals surface area contributed by atoms with Gasteiger partial charge in [0.05, 0.1) is 16.8 Å². The molecule has 0 saturated heterocycles. The minimum Gasteiger partial charge on any atom is -0.478 e. The second kappa shape index (κ2) is 5.82. The number of aromatic carboxylic acids is 1. The molecule has 0 bridgehead atoms. The number of carboxylic acid groups (broad SMARTS) is 1. The molecule has 0 saturated carbocycles. The highest BCUT2D eigenvalue weighted by atomic mass is 35.5. The van der Waals surface area contributed by atoms with E-state index in [1.165, 1.54) is 29.6 Å². The van der Waals surface area contributed by atoms with Gasteiger partial charge in [0.2, 0.25) is 0 Å². The summed E-state index contributed by atoms with van der Waals surface area (Å²) in [5.74, 6) is 0.0175. The molecule has 0 fully saturated rings. The third kappa shape index (κ3) is 2.89. The molecule has 1 aromatic carbocycles. The molecule has 7 nitrogen and oxygen atoms in total. The van der Waals surface area contributed by atoms with Gasteiger partial charge in [0.25, 0.3) is 0 Å². The van der Waals surface area contributed by atoms with Gasteiger partial charge in [-0.1, -0.05) is 17.7 Å². The summed E-state index contributed by atoms with van der Waals surface area (Å²) in [6.07, 6.45) is 4.41. The highest BCUT2D eigenvalue weighted by Crippen LogP contribution is 2.27. The maximum atomic E-state index is 10.9. The summed E-state index contributed by atoms with van der Waals surface area (Å²) in [6.45, 7) is 0. The molecule has 22 heavy (non-hydrogen) atoms. The standard InChI is InChI=1S/C14H9ClN4O3/c15-12-5-9(1-3-11(12)14(20)21)13-4-2-10(22-13)6-18-19-7-16-17-8-19/h1-8H,(H,20,21)/b18-6-. The van der Waals surface area contributed by atoms with Crippen LogP contribution in [0, 0.1) is 0 Å². The molecular formula is C14H9ClN4O3. The molecule has 110 valence electrons. The molecule has 0 aliphatic rings. The Morgan fingerprint density at radius 3 is 2.73 bits per heavy atom. The number of furan rings is 1. The number of benzene rings is 1. The van der Waals surface area contributed by atoms with Gasteiger partial charge in [-0.15, -0.1) is 10.2 Å². The molecule has 3 rings (SSSR count). The van der Waals surface area contributed by atoms with E-state index in [0.717, 1.165) is 0 Å². The minimum absolute atomic E-state index is 0.0476. The van der Waals surface area contributed by atoms with Crippen molar-refractivity contribution in [3.05, 3.63) is 59.3 Å². The van der Waals surface area contributed by atoms with E-state index in [1.807, 2.05) is 0 Å². The number of aromatic nitrogens is 3. The first kappa shape index (κ1) is 14.0. The fourth-order valence-electron chi connectivity index (χ4n) is 1.80. The Morgan fingerprint density at radius 1 is 1.27 bits per heavy atom. The van der Waals surface area contributed by atoms with Crippen LogP contribution >= 0.6 is 11.6 Å². The lowest BCUT2D eigenvalue weighted by molar-refractivity contribution is 0.0697. The van der Waals surface area contributed by atoms with Crippen LogP contribution in [0.15, 0.2) is 52.5 Å². The molecule has 8 heteroatoms. The topological polar surface area (TPSA) is 93.5 Å². The average Bonchev–Trinajstić information content (AvgIpc) is 3.16. The number of nitrogens with zero attached hydrogens (tertiary/aromatic N) is 4. The third-order valence-corrected chi connectivity index (χ3v) is 3.15. The number of carbonyl (C=O) groups is 1. The van der Waals surface area contributed by atoms with Crippen molar-refractivity contribution in [2.75, 3.05) is 0 Å². The fourth-order valence-corrected chi connectivity index (χ4v) is 2.06. The second-order valence-corrected chi connectivity index (χ2v) is 4.70. The molecule has 0 aliphatic carbocycles. The van der Waals surface area contributed by atoms with E-state index in [4.69, 9.17) is 21.1 Å². The lowest BCUT2D eigenvalue weighted by atomic mass is 10.1. The normalized spacial score (nSPS) is 11.1. The zero-order valence-corrected chi connectivity index (χ0v) is 11.8. The Bertz CT molecular complexity index is 840. The molecule has 0 atom stereocenters. The Labute approximate surface area is 129 Å². The Hall–Kier alpha value is -2.93. The van der Waals surface area contributed by atoms with Crippen LogP contribution in [0.3, 0.4) is 0 Å². The largest absolute Gasteiger partial charge is 0.478 e. The maximum Gasteiger partial charge on any atom is 0.337 e. The molecule has 0 amide bonds. The molecule has 2 aromatic heterocycles. The SMILES string of the molecule is O=C(O)c1ccc(-c2ccc(/C=N\n3cnnc3)o2)cc1Cl. The van der Waals surface area contributed by atoms with Gasteiger partial charge in [-0.3, -0.25) is 0 Å². The summed E-state index contributed by atoms with van der Waals surface area (Å²) >= 11 is 5.94. The predicted octanol–water partition coefficient (Wildman–Crippen LogP) is 2.77. The zero-order valence-electron chi connectivity index (χ0n) is 11.0. The quantitative estimate of drug-likeness (QED) is 0.747. The van der Waals surface area contributed by atoms with Crippen molar-refractivity contribution in [1.29, 1.82) is 0 Å². The van der Waals surface area contributed by atoms with Crippen LogP contribution in [-0.2, 0) is 0 Å². The van der Waals surface area contributed by atoms with Crippen molar-refractivity contribution in [1.82, 2.24) is 14.9 Å². The average molecular weight is 317 g/mol. The summed E-state index contributed by atoms with van der Waals surface area (Å²) in [5.41, 5.74) is 0.727.